The van der Waals surface area contributed by atoms with Crippen molar-refractivity contribution in [1.29, 1.82) is 0 Å². The Hall–Kier alpha value is -3.11. The molecule has 3 aromatic rings. The first kappa shape index (κ1) is 22.1. The average Bonchev–Trinajstić information content (AvgIpc) is 3.25. The van der Waals surface area contributed by atoms with Gasteiger partial charge >= 0.3 is 0 Å². The molecule has 9 nitrogen and oxygen atoms in total. The predicted molar refractivity (Wildman–Crippen MR) is 121 cm³/mol. The van der Waals surface area contributed by atoms with E-state index in [2.05, 4.69) is 15.5 Å². The summed E-state index contributed by atoms with van der Waals surface area (Å²) in [7, 11) is 1.53. The first-order valence-corrected chi connectivity index (χ1v) is 11.8. The molecule has 0 bridgehead atoms. The van der Waals surface area contributed by atoms with E-state index in [1.54, 1.807) is 49.1 Å². The molecule has 0 amide bonds. The maximum atomic E-state index is 13.1. The summed E-state index contributed by atoms with van der Waals surface area (Å²) in [5.74, 6) is 2.39. The molecule has 1 aliphatic heterocycles. The van der Waals surface area contributed by atoms with E-state index in [0.717, 1.165) is 30.0 Å². The van der Waals surface area contributed by atoms with Crippen LogP contribution in [0.4, 0.5) is 11.4 Å². The second-order valence-electron chi connectivity index (χ2n) is 7.70. The van der Waals surface area contributed by atoms with E-state index in [4.69, 9.17) is 9.47 Å². The number of hydrogen-bond acceptors (Lipinski definition) is 7. The van der Waals surface area contributed by atoms with Crippen molar-refractivity contribution in [1.82, 2.24) is 19.1 Å². The zero-order valence-electron chi connectivity index (χ0n) is 18.4. The Morgan fingerprint density at radius 1 is 0.969 bits per heavy atom. The highest BCUT2D eigenvalue weighted by Gasteiger charge is 2.31. The second kappa shape index (κ2) is 9.17. The minimum atomic E-state index is -3.55. The maximum Gasteiger partial charge on any atom is 0.243 e. The molecule has 1 N–H and O–H groups in total. The summed E-state index contributed by atoms with van der Waals surface area (Å²) >= 11 is 0. The first-order valence-electron chi connectivity index (χ1n) is 10.4. The molecule has 2 aromatic carbocycles. The molecule has 4 rings (SSSR count). The first-order chi connectivity index (χ1) is 15.4. The monoisotopic (exact) mass is 457 g/mol. The molecule has 0 atom stereocenters. The van der Waals surface area contributed by atoms with Gasteiger partial charge < -0.3 is 19.4 Å². The Balaban J connectivity index is 1.43. The van der Waals surface area contributed by atoms with Crippen LogP contribution in [0, 0.1) is 0 Å². The van der Waals surface area contributed by atoms with Gasteiger partial charge in [-0.15, -0.1) is 10.2 Å². The number of hydrogen-bond donors (Lipinski definition) is 1. The van der Waals surface area contributed by atoms with Crippen molar-refractivity contribution < 1.29 is 17.9 Å². The normalized spacial score (nSPS) is 15.5. The summed E-state index contributed by atoms with van der Waals surface area (Å²) < 4.78 is 40.3. The van der Waals surface area contributed by atoms with Crippen LogP contribution in [-0.4, -0.2) is 54.8 Å². The van der Waals surface area contributed by atoms with E-state index in [1.165, 1.54) is 0 Å². The molecular weight excluding hydrogens is 430 g/mol. The van der Waals surface area contributed by atoms with E-state index in [0.29, 0.717) is 24.6 Å². The van der Waals surface area contributed by atoms with Crippen molar-refractivity contribution in [3.05, 3.63) is 54.6 Å². The summed E-state index contributed by atoms with van der Waals surface area (Å²) in [5, 5.41) is 11.4. The lowest BCUT2D eigenvalue weighted by Crippen LogP contribution is -2.38. The summed E-state index contributed by atoms with van der Waals surface area (Å²) in [5.41, 5.74) is 1.58. The van der Waals surface area contributed by atoms with Crippen molar-refractivity contribution in [2.45, 2.75) is 23.7 Å². The Labute approximate surface area is 188 Å². The van der Waals surface area contributed by atoms with Gasteiger partial charge in [0.2, 0.25) is 10.0 Å². The van der Waals surface area contributed by atoms with Gasteiger partial charge in [0, 0.05) is 43.5 Å². The minimum Gasteiger partial charge on any atom is -0.493 e. The number of sulfonamides is 1. The highest BCUT2D eigenvalue weighted by Crippen LogP contribution is 2.32. The number of aromatic nitrogens is 3. The molecule has 0 saturated carbocycles. The molecule has 32 heavy (non-hydrogen) atoms. The molecule has 1 saturated heterocycles. The quantitative estimate of drug-likeness (QED) is 0.582. The summed E-state index contributed by atoms with van der Waals surface area (Å²) in [6, 6.07) is 12.3. The lowest BCUT2D eigenvalue weighted by molar-refractivity contribution is 0.310. The van der Waals surface area contributed by atoms with Crippen LogP contribution in [0.2, 0.25) is 0 Å². The molecule has 0 unspecified atom stereocenters. The van der Waals surface area contributed by atoms with Gasteiger partial charge in [0.15, 0.2) is 11.5 Å². The zero-order chi connectivity index (χ0) is 22.7. The molecule has 170 valence electrons. The smallest absolute Gasteiger partial charge is 0.243 e. The molecule has 0 spiro atoms. The maximum absolute atomic E-state index is 13.1. The lowest BCUT2D eigenvalue weighted by Gasteiger charge is -2.30. The van der Waals surface area contributed by atoms with Crippen LogP contribution in [0.15, 0.2) is 53.7 Å². The molecule has 0 aliphatic carbocycles. The highest BCUT2D eigenvalue weighted by molar-refractivity contribution is 7.89. The van der Waals surface area contributed by atoms with E-state index >= 15 is 0 Å². The van der Waals surface area contributed by atoms with E-state index in [-0.39, 0.29) is 10.8 Å². The summed E-state index contributed by atoms with van der Waals surface area (Å²) in [6.45, 7) is 0.928. The Morgan fingerprint density at radius 3 is 2.22 bits per heavy atom. The van der Waals surface area contributed by atoms with Gasteiger partial charge in [-0.05, 0) is 49.2 Å². The largest absolute Gasteiger partial charge is 0.493 e. The SMILES string of the molecule is COc1ccc(Nc2ccc(S(=O)(=O)N3CCC(c4nncn4C)CC3)cc2)cc1OC. The number of ether oxygens (including phenoxy) is 2. The van der Waals surface area contributed by atoms with Gasteiger partial charge in [0.25, 0.3) is 0 Å². The summed E-state index contributed by atoms with van der Waals surface area (Å²) in [4.78, 5) is 0.285. The number of nitrogens with zero attached hydrogens (tertiary/aromatic N) is 4. The van der Waals surface area contributed by atoms with E-state index in [1.807, 2.05) is 29.8 Å². The van der Waals surface area contributed by atoms with Crippen LogP contribution in [-0.2, 0) is 17.1 Å². The minimum absolute atomic E-state index is 0.224. The average molecular weight is 458 g/mol. The number of methoxy groups -OCH3 is 2. The Kier molecular flexibility index (Phi) is 6.33. The molecule has 1 fully saturated rings. The standard InChI is InChI=1S/C22H27N5O4S/c1-26-15-23-25-22(26)16-10-12-27(13-11-16)32(28,29)19-7-4-17(5-8-19)24-18-6-9-20(30-2)21(14-18)31-3/h4-9,14-16,24H,10-13H2,1-3H3. The fourth-order valence-electron chi connectivity index (χ4n) is 3.96. The Morgan fingerprint density at radius 2 is 1.62 bits per heavy atom. The fraction of sp³-hybridized carbons (Fsp3) is 0.364. The third-order valence-corrected chi connectivity index (χ3v) is 7.64. The van der Waals surface area contributed by atoms with Crippen LogP contribution in [0.3, 0.4) is 0 Å². The number of anilines is 2. The van der Waals surface area contributed by atoms with Gasteiger partial charge in [-0.3, -0.25) is 0 Å². The van der Waals surface area contributed by atoms with Crippen molar-refractivity contribution in [2.75, 3.05) is 32.6 Å². The van der Waals surface area contributed by atoms with Gasteiger partial charge in [-0.1, -0.05) is 0 Å². The molecule has 1 aliphatic rings. The fourth-order valence-corrected chi connectivity index (χ4v) is 5.43. The van der Waals surface area contributed by atoms with Gasteiger partial charge in [0.1, 0.15) is 12.2 Å². The lowest BCUT2D eigenvalue weighted by atomic mass is 9.97. The van der Waals surface area contributed by atoms with Crippen molar-refractivity contribution in [3.63, 3.8) is 0 Å². The third-order valence-electron chi connectivity index (χ3n) is 5.73. The van der Waals surface area contributed by atoms with Crippen molar-refractivity contribution in [2.24, 2.45) is 7.05 Å². The van der Waals surface area contributed by atoms with Crippen LogP contribution in [0.25, 0.3) is 0 Å². The number of rotatable bonds is 7. The van der Waals surface area contributed by atoms with Gasteiger partial charge in [-0.25, -0.2) is 8.42 Å². The molecular formula is C22H27N5O4S. The highest BCUT2D eigenvalue weighted by atomic mass is 32.2. The number of aryl methyl sites for hydroxylation is 1. The van der Waals surface area contributed by atoms with E-state index < -0.39 is 10.0 Å². The molecule has 0 radical (unpaired) electrons. The topological polar surface area (TPSA) is 98.6 Å². The number of nitrogens with one attached hydrogen (secondary N) is 1. The van der Waals surface area contributed by atoms with Crippen molar-refractivity contribution in [3.8, 4) is 11.5 Å². The van der Waals surface area contributed by atoms with Crippen LogP contribution < -0.4 is 14.8 Å². The number of piperidine rings is 1. The summed E-state index contributed by atoms with van der Waals surface area (Å²) in [6.07, 6.45) is 3.13. The third kappa shape index (κ3) is 4.42. The molecule has 2 heterocycles. The zero-order valence-corrected chi connectivity index (χ0v) is 19.2. The molecule has 10 heteroatoms. The van der Waals surface area contributed by atoms with Gasteiger partial charge in [-0.2, -0.15) is 4.31 Å². The van der Waals surface area contributed by atoms with Crippen molar-refractivity contribution >= 4 is 21.4 Å². The molecule has 1 aromatic heterocycles. The Bertz CT molecular complexity index is 1170. The van der Waals surface area contributed by atoms with Crippen LogP contribution >= 0.6 is 0 Å². The van der Waals surface area contributed by atoms with Gasteiger partial charge in [0.05, 0.1) is 19.1 Å². The van der Waals surface area contributed by atoms with Crippen LogP contribution in [0.1, 0.15) is 24.6 Å². The van der Waals surface area contributed by atoms with Crippen LogP contribution in [0.5, 0.6) is 11.5 Å². The van der Waals surface area contributed by atoms with E-state index in [9.17, 15) is 8.42 Å². The second-order valence-corrected chi connectivity index (χ2v) is 9.64. The number of benzene rings is 2. The predicted octanol–water partition coefficient (Wildman–Crippen LogP) is 3.14.